The van der Waals surface area contributed by atoms with Crippen molar-refractivity contribution in [2.45, 2.75) is 215 Å². The third-order valence-corrected chi connectivity index (χ3v) is 28.1. The molecule has 1 nitrogen and oxygen atoms in total. The number of methoxy groups -OCH3 is 1. The van der Waals surface area contributed by atoms with Crippen LogP contribution in [0, 0.1) is 6.92 Å². The van der Waals surface area contributed by atoms with E-state index in [1.165, 1.54) is 145 Å². The van der Waals surface area contributed by atoms with Gasteiger partial charge in [0, 0.05) is 27.8 Å². The summed E-state index contributed by atoms with van der Waals surface area (Å²) < 4.78 is 6.30. The summed E-state index contributed by atoms with van der Waals surface area (Å²) in [6.07, 6.45) is 10.8. The van der Waals surface area contributed by atoms with Gasteiger partial charge >= 0.3 is 0 Å². The van der Waals surface area contributed by atoms with E-state index in [-0.39, 0.29) is 27.1 Å². The molecule has 3 unspecified atom stereocenters. The summed E-state index contributed by atoms with van der Waals surface area (Å²) in [6, 6.07) is 56.8. The summed E-state index contributed by atoms with van der Waals surface area (Å²) in [5.41, 5.74) is 37.9. The number of benzene rings is 8. The lowest BCUT2D eigenvalue weighted by Gasteiger charge is -2.40. The van der Waals surface area contributed by atoms with Crippen LogP contribution in [-0.4, -0.2) is 22.6 Å². The molecule has 94 heavy (non-hydrogen) atoms. The van der Waals surface area contributed by atoms with Gasteiger partial charge in [-0.05, 0) is 179 Å². The minimum atomic E-state index is -2.12. The molecule has 4 heteroatoms. The summed E-state index contributed by atoms with van der Waals surface area (Å²) >= 11 is 6.96. The first-order valence-corrected chi connectivity index (χ1v) is 41.9. The molecule has 0 bridgehead atoms. The van der Waals surface area contributed by atoms with Crippen LogP contribution in [0.5, 0.6) is 5.75 Å². The Bertz CT molecular complexity index is 4310. The smallest absolute Gasteiger partial charge is 0.161 e. The van der Waals surface area contributed by atoms with E-state index in [0.29, 0.717) is 16.6 Å². The predicted octanol–water partition coefficient (Wildman–Crippen LogP) is 26.5. The Hall–Kier alpha value is -6.76. The monoisotopic (exact) mass is 1300 g/mol. The molecule has 0 heterocycles. The van der Waals surface area contributed by atoms with E-state index < -0.39 is 15.5 Å². The third kappa shape index (κ3) is 13.8. The molecule has 8 aromatic rings. The Labute approximate surface area is 575 Å². The summed E-state index contributed by atoms with van der Waals surface area (Å²) in [5, 5.41) is 0. The van der Waals surface area contributed by atoms with E-state index in [0.717, 1.165) is 12.2 Å². The second-order valence-electron chi connectivity index (χ2n) is 34.3. The van der Waals surface area contributed by atoms with Gasteiger partial charge in [0.05, 0.1) is 15.2 Å². The molecule has 0 aromatic heterocycles. The van der Waals surface area contributed by atoms with Gasteiger partial charge in [-0.25, -0.2) is 0 Å². The molecule has 4 aliphatic carbocycles. The van der Waals surface area contributed by atoms with Crippen LogP contribution in [0.4, 0.5) is 0 Å². The van der Waals surface area contributed by atoms with Gasteiger partial charge in [-0.2, -0.15) is 11.1 Å². The summed E-state index contributed by atoms with van der Waals surface area (Å²) in [6.45, 7) is 56.1. The molecule has 0 saturated heterocycles. The molecule has 4 aliphatic rings. The van der Waals surface area contributed by atoms with Gasteiger partial charge in [0.15, 0.2) is 7.38 Å². The van der Waals surface area contributed by atoms with Crippen molar-refractivity contribution in [2.75, 3.05) is 7.11 Å². The van der Waals surface area contributed by atoms with E-state index in [2.05, 4.69) is 341 Å². The zero-order valence-electron chi connectivity index (χ0n) is 62.0. The van der Waals surface area contributed by atoms with Crippen LogP contribution in [0.1, 0.15) is 226 Å². The number of ether oxygens (including phenoxy) is 1. The molecular formula is C90H109ClOSi2. The maximum Gasteiger partial charge on any atom is 0.161 e. The fourth-order valence-electron chi connectivity index (χ4n) is 16.3. The number of hydrogen-bond acceptors (Lipinski definition) is 1. The van der Waals surface area contributed by atoms with Gasteiger partial charge in [0.25, 0.3) is 0 Å². The van der Waals surface area contributed by atoms with Crippen molar-refractivity contribution in [3.63, 3.8) is 0 Å². The predicted molar refractivity (Wildman–Crippen MR) is 420 cm³/mol. The molecule has 12 rings (SSSR count). The van der Waals surface area contributed by atoms with Gasteiger partial charge in [-0.1, -0.05) is 328 Å². The summed E-state index contributed by atoms with van der Waals surface area (Å²) in [5.74, 6) is 1.01. The molecular weight excluding hydrogens is 1190 g/mol. The van der Waals surface area contributed by atoms with Crippen LogP contribution >= 0.6 is 11.1 Å². The highest BCUT2D eigenvalue weighted by Gasteiger charge is 2.49. The van der Waals surface area contributed by atoms with Crippen molar-refractivity contribution >= 4 is 50.8 Å². The number of halogens is 1. The van der Waals surface area contributed by atoms with Crippen molar-refractivity contribution in [3.8, 4) is 50.3 Å². The zero-order valence-corrected chi connectivity index (χ0v) is 64.7. The minimum absolute atomic E-state index is 0.0384. The molecule has 0 fully saturated rings. The average molecular weight is 1300 g/mol. The quantitative estimate of drug-likeness (QED) is 0.109. The number of fused-ring (bicyclic) bond motifs is 4. The second kappa shape index (κ2) is 25.7. The van der Waals surface area contributed by atoms with Gasteiger partial charge in [-0.15, -0.1) is 0 Å². The Balaban J connectivity index is 0.000000177. The fraction of sp³-hybridized carbons (Fsp3) is 0.378. The van der Waals surface area contributed by atoms with Gasteiger partial charge in [0.2, 0.25) is 0 Å². The molecule has 0 radical (unpaired) electrons. The lowest BCUT2D eigenvalue weighted by atomic mass is 9.78. The number of allylic oxidation sites excluding steroid dienone is 4. The fourth-order valence-corrected chi connectivity index (χ4v) is 24.2. The SMILES string of the molecule is CC1=Cc2c(cc(C(C)(C)C)c(C)c2-c2ccccc2)C1[Si](C)(C)Cl.CC1=Cc2cccc(-c3ccc(C(C)(C)C)cc3)c2C1.COc1c(C(C)(C)C)cc2c(c1-c1ccccc1)C=C(C)C2[Si](C)(C)C1C(C)=Cc2c(-c3cccc(C(C)(C)C)c3)cc(C(C)(C)C)cc21. The molecule has 0 saturated carbocycles. The molecule has 490 valence electrons. The summed E-state index contributed by atoms with van der Waals surface area (Å²) in [7, 11) is -2.14. The highest BCUT2D eigenvalue weighted by molar-refractivity contribution is 7.20. The lowest BCUT2D eigenvalue weighted by molar-refractivity contribution is 0.399. The number of hydrogen-bond donors (Lipinski definition) is 0. The van der Waals surface area contributed by atoms with Crippen LogP contribution in [0.25, 0.3) is 68.8 Å². The average Bonchev–Trinajstić information content (AvgIpc) is 1.53. The van der Waals surface area contributed by atoms with Crippen LogP contribution < -0.4 is 4.74 Å². The van der Waals surface area contributed by atoms with Crippen molar-refractivity contribution in [2.24, 2.45) is 0 Å². The summed E-state index contributed by atoms with van der Waals surface area (Å²) in [4.78, 5) is 0. The lowest BCUT2D eigenvalue weighted by Crippen LogP contribution is -2.42. The van der Waals surface area contributed by atoms with E-state index in [1.54, 1.807) is 0 Å². The third-order valence-electron chi connectivity index (χ3n) is 20.8. The molecule has 8 aromatic carbocycles. The van der Waals surface area contributed by atoms with Crippen molar-refractivity contribution < 1.29 is 4.74 Å². The normalized spacial score (nSPS) is 16.9. The Morgan fingerprint density at radius 2 is 0.862 bits per heavy atom. The van der Waals surface area contributed by atoms with Crippen LogP contribution in [0.3, 0.4) is 0 Å². The first kappa shape index (κ1) is 70.1. The molecule has 3 atom stereocenters. The molecule has 0 amide bonds. The molecule has 0 spiro atoms. The Morgan fingerprint density at radius 1 is 0.394 bits per heavy atom. The Kier molecular flexibility index (Phi) is 19.1. The Morgan fingerprint density at radius 3 is 1.38 bits per heavy atom. The minimum Gasteiger partial charge on any atom is -0.496 e. The maximum absolute atomic E-state index is 6.96. The van der Waals surface area contributed by atoms with Gasteiger partial charge in [0.1, 0.15) is 5.75 Å². The van der Waals surface area contributed by atoms with Crippen LogP contribution in [0.15, 0.2) is 174 Å². The zero-order chi connectivity index (χ0) is 68.7. The van der Waals surface area contributed by atoms with E-state index in [4.69, 9.17) is 15.8 Å². The van der Waals surface area contributed by atoms with Crippen LogP contribution in [0.2, 0.25) is 26.2 Å². The maximum atomic E-state index is 6.96. The van der Waals surface area contributed by atoms with E-state index in [9.17, 15) is 0 Å². The highest BCUT2D eigenvalue weighted by Crippen LogP contribution is 2.58. The van der Waals surface area contributed by atoms with Gasteiger partial charge < -0.3 is 4.74 Å². The van der Waals surface area contributed by atoms with Crippen LogP contribution in [-0.2, 0) is 33.5 Å². The largest absolute Gasteiger partial charge is 0.496 e. The van der Waals surface area contributed by atoms with Crippen molar-refractivity contribution in [3.05, 3.63) is 252 Å². The van der Waals surface area contributed by atoms with E-state index >= 15 is 0 Å². The highest BCUT2D eigenvalue weighted by atomic mass is 35.6. The topological polar surface area (TPSA) is 9.23 Å². The van der Waals surface area contributed by atoms with Crippen molar-refractivity contribution in [1.29, 1.82) is 0 Å². The second-order valence-corrected chi connectivity index (χ2v) is 45.7. The first-order valence-electron chi connectivity index (χ1n) is 34.7. The van der Waals surface area contributed by atoms with E-state index in [1.807, 2.05) is 7.11 Å². The molecule has 0 N–H and O–H groups in total. The van der Waals surface area contributed by atoms with Gasteiger partial charge in [-0.3, -0.25) is 0 Å². The number of rotatable bonds is 8. The standard InChI is InChI=1S/C47H58OSi.C23H29ClSi.C20H22/c1-29-23-36-35(32-21-18-22-33(25-32)45(3,4)5)26-34(46(6,7)8)27-38(36)43(29)49(13,14)44-30(2)24-37-39(44)28-40(47(9,10)11)42(48-12)41(37)31-19-16-15-17-20-31;1-15-13-18-19(22(15)25(6,7)24)14-20(23(3,4)5)16(2)21(18)17-11-9-8-10-12-17;1-14-12-16-6-5-7-18(19(16)13-14)15-8-10-17(11-9-15)20(2,3)4/h15-28,43-44H,1-14H3;8-14,22H,1-7H3;5-12H,13H2,1-4H3. The van der Waals surface area contributed by atoms with Crippen molar-refractivity contribution in [1.82, 2.24) is 0 Å². The molecule has 0 aliphatic heterocycles. The first-order chi connectivity index (χ1) is 43.7.